The molecule has 1 N–H and O–H groups in total. The monoisotopic (exact) mass is 280 g/mol. The standard InChI is InChI=1S/C17H29FN2/c1-13(2)16(11-19-17(3,4)5)20(6)12-14-7-9-15(18)10-8-14/h7-10,13,16,19H,11-12H2,1-6H3. The highest BCUT2D eigenvalue weighted by Gasteiger charge is 2.21. The highest BCUT2D eigenvalue weighted by Crippen LogP contribution is 2.14. The van der Waals surface area contributed by atoms with E-state index in [4.69, 9.17) is 0 Å². The van der Waals surface area contributed by atoms with Gasteiger partial charge in [0, 0.05) is 24.7 Å². The van der Waals surface area contributed by atoms with E-state index in [2.05, 4.69) is 51.9 Å². The smallest absolute Gasteiger partial charge is 0.123 e. The van der Waals surface area contributed by atoms with E-state index in [0.717, 1.165) is 18.7 Å². The average molecular weight is 280 g/mol. The molecule has 2 nitrogen and oxygen atoms in total. The molecule has 0 saturated heterocycles. The van der Waals surface area contributed by atoms with Gasteiger partial charge in [0.15, 0.2) is 0 Å². The largest absolute Gasteiger partial charge is 0.311 e. The van der Waals surface area contributed by atoms with E-state index in [0.29, 0.717) is 12.0 Å². The molecule has 0 amide bonds. The van der Waals surface area contributed by atoms with E-state index >= 15 is 0 Å². The summed E-state index contributed by atoms with van der Waals surface area (Å²) in [6, 6.07) is 7.24. The van der Waals surface area contributed by atoms with Crippen LogP contribution < -0.4 is 5.32 Å². The molecule has 20 heavy (non-hydrogen) atoms. The summed E-state index contributed by atoms with van der Waals surface area (Å²) in [5.41, 5.74) is 1.28. The molecule has 0 fully saturated rings. The zero-order valence-corrected chi connectivity index (χ0v) is 13.7. The molecule has 0 aliphatic carbocycles. The second-order valence-corrected chi connectivity index (χ2v) is 6.98. The summed E-state index contributed by atoms with van der Waals surface area (Å²) < 4.78 is 12.9. The topological polar surface area (TPSA) is 15.3 Å². The number of hydrogen-bond donors (Lipinski definition) is 1. The van der Waals surface area contributed by atoms with E-state index in [1.807, 2.05) is 12.1 Å². The lowest BCUT2D eigenvalue weighted by Gasteiger charge is -2.34. The molecular formula is C17H29FN2. The number of likely N-dealkylation sites (N-methyl/N-ethyl adjacent to an activating group) is 1. The molecule has 0 aromatic heterocycles. The highest BCUT2D eigenvalue weighted by molar-refractivity contribution is 5.16. The van der Waals surface area contributed by atoms with Crippen LogP contribution in [0.5, 0.6) is 0 Å². The van der Waals surface area contributed by atoms with Gasteiger partial charge in [0.05, 0.1) is 0 Å². The number of halogens is 1. The van der Waals surface area contributed by atoms with Gasteiger partial charge in [-0.25, -0.2) is 4.39 Å². The Morgan fingerprint density at radius 1 is 1.15 bits per heavy atom. The van der Waals surface area contributed by atoms with Gasteiger partial charge in [-0.3, -0.25) is 4.90 Å². The Bertz CT molecular complexity index is 392. The molecule has 0 saturated carbocycles. The SMILES string of the molecule is CC(C)C(CNC(C)(C)C)N(C)Cc1ccc(F)cc1. The Morgan fingerprint density at radius 3 is 2.15 bits per heavy atom. The van der Waals surface area contributed by atoms with Crippen LogP contribution in [0.4, 0.5) is 4.39 Å². The fourth-order valence-electron chi connectivity index (χ4n) is 2.31. The molecule has 0 aliphatic heterocycles. The molecular weight excluding hydrogens is 251 g/mol. The van der Waals surface area contributed by atoms with Crippen molar-refractivity contribution in [3.8, 4) is 0 Å². The third-order valence-corrected chi connectivity index (χ3v) is 3.52. The van der Waals surface area contributed by atoms with Crippen LogP contribution in [0, 0.1) is 11.7 Å². The number of nitrogens with one attached hydrogen (secondary N) is 1. The lowest BCUT2D eigenvalue weighted by molar-refractivity contribution is 0.169. The van der Waals surface area contributed by atoms with Gasteiger partial charge in [-0.1, -0.05) is 26.0 Å². The zero-order chi connectivity index (χ0) is 15.3. The Morgan fingerprint density at radius 2 is 1.70 bits per heavy atom. The van der Waals surface area contributed by atoms with E-state index in [1.165, 1.54) is 12.1 Å². The first-order chi connectivity index (χ1) is 9.19. The quantitative estimate of drug-likeness (QED) is 0.855. The van der Waals surface area contributed by atoms with Crippen LogP contribution in [-0.2, 0) is 6.54 Å². The molecule has 0 spiro atoms. The van der Waals surface area contributed by atoms with E-state index in [9.17, 15) is 4.39 Å². The van der Waals surface area contributed by atoms with Crippen molar-refractivity contribution in [3.63, 3.8) is 0 Å². The van der Waals surface area contributed by atoms with Crippen LogP contribution >= 0.6 is 0 Å². The minimum Gasteiger partial charge on any atom is -0.311 e. The molecule has 1 unspecified atom stereocenters. The zero-order valence-electron chi connectivity index (χ0n) is 13.7. The van der Waals surface area contributed by atoms with Crippen molar-refractivity contribution in [3.05, 3.63) is 35.6 Å². The van der Waals surface area contributed by atoms with Crippen LogP contribution in [0.2, 0.25) is 0 Å². The van der Waals surface area contributed by atoms with Gasteiger partial charge in [0.2, 0.25) is 0 Å². The fraction of sp³-hybridized carbons (Fsp3) is 0.647. The van der Waals surface area contributed by atoms with Gasteiger partial charge in [-0.15, -0.1) is 0 Å². The van der Waals surface area contributed by atoms with Gasteiger partial charge < -0.3 is 5.32 Å². The van der Waals surface area contributed by atoms with E-state index < -0.39 is 0 Å². The third-order valence-electron chi connectivity index (χ3n) is 3.52. The maximum Gasteiger partial charge on any atom is 0.123 e. The molecule has 1 rings (SSSR count). The van der Waals surface area contributed by atoms with Crippen LogP contribution in [0.15, 0.2) is 24.3 Å². The van der Waals surface area contributed by atoms with Crippen molar-refractivity contribution in [2.24, 2.45) is 5.92 Å². The Balaban J connectivity index is 2.64. The van der Waals surface area contributed by atoms with E-state index in [1.54, 1.807) is 0 Å². The Labute approximate surface area is 123 Å². The molecule has 0 heterocycles. The van der Waals surface area contributed by atoms with E-state index in [-0.39, 0.29) is 11.4 Å². The number of benzene rings is 1. The Kier molecular flexibility index (Phi) is 6.15. The van der Waals surface area contributed by atoms with Gasteiger partial charge in [-0.05, 0) is 51.4 Å². The molecule has 0 bridgehead atoms. The maximum atomic E-state index is 12.9. The summed E-state index contributed by atoms with van der Waals surface area (Å²) in [5, 5.41) is 3.58. The summed E-state index contributed by atoms with van der Waals surface area (Å²) in [5.74, 6) is 0.390. The average Bonchev–Trinajstić information content (AvgIpc) is 2.30. The number of rotatable bonds is 6. The minimum absolute atomic E-state index is 0.129. The second-order valence-electron chi connectivity index (χ2n) is 6.98. The normalized spacial score (nSPS) is 14.1. The minimum atomic E-state index is -0.175. The lowest BCUT2D eigenvalue weighted by atomic mass is 10.00. The molecule has 0 aliphatic rings. The van der Waals surface area contributed by atoms with Gasteiger partial charge in [-0.2, -0.15) is 0 Å². The number of hydrogen-bond acceptors (Lipinski definition) is 2. The van der Waals surface area contributed by atoms with Crippen molar-refractivity contribution in [1.29, 1.82) is 0 Å². The van der Waals surface area contributed by atoms with Gasteiger partial charge >= 0.3 is 0 Å². The molecule has 3 heteroatoms. The van der Waals surface area contributed by atoms with Crippen LogP contribution in [-0.4, -0.2) is 30.1 Å². The molecule has 1 aromatic carbocycles. The predicted octanol–water partition coefficient (Wildman–Crippen LogP) is 3.67. The fourth-order valence-corrected chi connectivity index (χ4v) is 2.31. The van der Waals surface area contributed by atoms with Crippen LogP contribution in [0.25, 0.3) is 0 Å². The predicted molar refractivity (Wildman–Crippen MR) is 84.2 cm³/mol. The van der Waals surface area contributed by atoms with Crippen LogP contribution in [0.1, 0.15) is 40.2 Å². The highest BCUT2D eigenvalue weighted by atomic mass is 19.1. The second kappa shape index (κ2) is 7.19. The van der Waals surface area contributed by atoms with Gasteiger partial charge in [0.25, 0.3) is 0 Å². The maximum absolute atomic E-state index is 12.9. The summed E-state index contributed by atoms with van der Waals surface area (Å²) in [7, 11) is 2.14. The lowest BCUT2D eigenvalue weighted by Crippen LogP contribution is -2.48. The van der Waals surface area contributed by atoms with Crippen molar-refractivity contribution in [2.45, 2.75) is 52.7 Å². The molecule has 1 atom stereocenters. The number of nitrogens with zero attached hydrogens (tertiary/aromatic N) is 1. The van der Waals surface area contributed by atoms with Crippen LogP contribution in [0.3, 0.4) is 0 Å². The summed E-state index contributed by atoms with van der Waals surface area (Å²) in [6.07, 6.45) is 0. The van der Waals surface area contributed by atoms with Crippen molar-refractivity contribution < 1.29 is 4.39 Å². The third kappa shape index (κ3) is 6.02. The Hall–Kier alpha value is -0.930. The first-order valence-electron chi connectivity index (χ1n) is 7.39. The first kappa shape index (κ1) is 17.1. The summed E-state index contributed by atoms with van der Waals surface area (Å²) >= 11 is 0. The van der Waals surface area contributed by atoms with Crippen molar-refractivity contribution in [1.82, 2.24) is 10.2 Å². The summed E-state index contributed by atoms with van der Waals surface area (Å²) in [6.45, 7) is 12.8. The van der Waals surface area contributed by atoms with Gasteiger partial charge in [0.1, 0.15) is 5.82 Å². The molecule has 1 aromatic rings. The summed E-state index contributed by atoms with van der Waals surface area (Å²) in [4.78, 5) is 2.34. The molecule has 0 radical (unpaired) electrons. The molecule has 114 valence electrons. The van der Waals surface area contributed by atoms with Crippen molar-refractivity contribution >= 4 is 0 Å². The van der Waals surface area contributed by atoms with Crippen molar-refractivity contribution in [2.75, 3.05) is 13.6 Å². The first-order valence-corrected chi connectivity index (χ1v) is 7.39.